The Bertz CT molecular complexity index is 939. The number of halogens is 1. The van der Waals surface area contributed by atoms with Gasteiger partial charge in [-0.3, -0.25) is 9.59 Å². The minimum absolute atomic E-state index is 0.196. The minimum atomic E-state index is -0.741. The van der Waals surface area contributed by atoms with Crippen LogP contribution in [-0.4, -0.2) is 23.0 Å². The van der Waals surface area contributed by atoms with E-state index in [0.717, 1.165) is 11.3 Å². The lowest BCUT2D eigenvalue weighted by Gasteiger charge is -2.18. The highest BCUT2D eigenvalue weighted by molar-refractivity contribution is 6.30. The molecule has 0 unspecified atom stereocenters. The van der Waals surface area contributed by atoms with Gasteiger partial charge in [0.1, 0.15) is 6.04 Å². The standard InChI is InChI=1S/C21H20ClN3O3/c1-14-11-18(28-25-14)13-23-21(27)19(12-15-5-3-2-4-6-15)24-20(26)16-7-9-17(22)10-8-16/h2-11,19H,12-13H2,1H3,(H,23,27)(H,24,26)/t19-/m0/s1. The zero-order valence-electron chi connectivity index (χ0n) is 15.3. The van der Waals surface area contributed by atoms with Gasteiger partial charge in [-0.05, 0) is 36.8 Å². The lowest BCUT2D eigenvalue weighted by atomic mass is 10.0. The van der Waals surface area contributed by atoms with Crippen LogP contribution >= 0.6 is 11.6 Å². The molecule has 0 saturated heterocycles. The van der Waals surface area contributed by atoms with Crippen molar-refractivity contribution < 1.29 is 14.1 Å². The summed E-state index contributed by atoms with van der Waals surface area (Å²) in [6, 6.07) is 17.0. The van der Waals surface area contributed by atoms with Crippen molar-refractivity contribution in [3.05, 3.63) is 88.3 Å². The lowest BCUT2D eigenvalue weighted by molar-refractivity contribution is -0.123. The van der Waals surface area contributed by atoms with Crippen molar-refractivity contribution >= 4 is 23.4 Å². The summed E-state index contributed by atoms with van der Waals surface area (Å²) in [7, 11) is 0. The summed E-state index contributed by atoms with van der Waals surface area (Å²) in [4.78, 5) is 25.3. The van der Waals surface area contributed by atoms with Crippen LogP contribution < -0.4 is 10.6 Å². The molecule has 0 aliphatic carbocycles. The number of hydrogen-bond donors (Lipinski definition) is 2. The second kappa shape index (κ2) is 9.19. The molecule has 28 heavy (non-hydrogen) atoms. The van der Waals surface area contributed by atoms with E-state index in [-0.39, 0.29) is 18.4 Å². The van der Waals surface area contributed by atoms with Crippen LogP contribution in [0.15, 0.2) is 65.2 Å². The summed E-state index contributed by atoms with van der Waals surface area (Å²) in [6.45, 7) is 2.00. The van der Waals surface area contributed by atoms with E-state index in [1.54, 1.807) is 37.3 Å². The van der Waals surface area contributed by atoms with Crippen molar-refractivity contribution in [1.29, 1.82) is 0 Å². The quantitative estimate of drug-likeness (QED) is 0.640. The van der Waals surface area contributed by atoms with E-state index >= 15 is 0 Å². The zero-order chi connectivity index (χ0) is 19.9. The second-order valence-corrected chi connectivity index (χ2v) is 6.81. The Morgan fingerprint density at radius 3 is 2.46 bits per heavy atom. The van der Waals surface area contributed by atoms with Crippen molar-refractivity contribution in [2.45, 2.75) is 25.9 Å². The number of aromatic nitrogens is 1. The molecule has 0 bridgehead atoms. The van der Waals surface area contributed by atoms with Gasteiger partial charge in [0.2, 0.25) is 5.91 Å². The summed E-state index contributed by atoms with van der Waals surface area (Å²) < 4.78 is 5.11. The first kappa shape index (κ1) is 19.6. The molecule has 2 amide bonds. The molecule has 3 aromatic rings. The second-order valence-electron chi connectivity index (χ2n) is 6.38. The number of nitrogens with zero attached hydrogens (tertiary/aromatic N) is 1. The van der Waals surface area contributed by atoms with Crippen LogP contribution in [0.25, 0.3) is 0 Å². The summed E-state index contributed by atoms with van der Waals surface area (Å²) in [6.07, 6.45) is 0.363. The van der Waals surface area contributed by atoms with Crippen LogP contribution in [0.3, 0.4) is 0 Å². The molecule has 0 radical (unpaired) electrons. The van der Waals surface area contributed by atoms with Crippen molar-refractivity contribution in [1.82, 2.24) is 15.8 Å². The molecule has 6 nitrogen and oxygen atoms in total. The van der Waals surface area contributed by atoms with Crippen molar-refractivity contribution in [2.75, 3.05) is 0 Å². The molecule has 2 N–H and O–H groups in total. The van der Waals surface area contributed by atoms with Crippen LogP contribution in [0.1, 0.15) is 27.4 Å². The Morgan fingerprint density at radius 2 is 1.82 bits per heavy atom. The van der Waals surface area contributed by atoms with Gasteiger partial charge in [-0.25, -0.2) is 0 Å². The Labute approximate surface area is 167 Å². The maximum Gasteiger partial charge on any atom is 0.251 e. The van der Waals surface area contributed by atoms with Gasteiger partial charge >= 0.3 is 0 Å². The Kier molecular flexibility index (Phi) is 6.45. The van der Waals surface area contributed by atoms with E-state index in [1.807, 2.05) is 30.3 Å². The largest absolute Gasteiger partial charge is 0.359 e. The Balaban J connectivity index is 1.70. The molecular weight excluding hydrogens is 378 g/mol. The number of benzene rings is 2. The molecule has 7 heteroatoms. The van der Waals surface area contributed by atoms with E-state index in [4.69, 9.17) is 16.1 Å². The normalized spacial score (nSPS) is 11.6. The molecule has 2 aromatic carbocycles. The molecule has 3 rings (SSSR count). The molecule has 144 valence electrons. The van der Waals surface area contributed by atoms with E-state index in [9.17, 15) is 9.59 Å². The molecule has 0 aliphatic heterocycles. The van der Waals surface area contributed by atoms with Gasteiger partial charge in [-0.2, -0.15) is 0 Å². The third-order valence-corrected chi connectivity index (χ3v) is 4.38. The van der Waals surface area contributed by atoms with E-state index in [1.165, 1.54) is 0 Å². The van der Waals surface area contributed by atoms with Crippen molar-refractivity contribution in [3.63, 3.8) is 0 Å². The fourth-order valence-corrected chi connectivity index (χ4v) is 2.82. The Morgan fingerprint density at radius 1 is 1.11 bits per heavy atom. The fraction of sp³-hybridized carbons (Fsp3) is 0.190. The number of nitrogens with one attached hydrogen (secondary N) is 2. The van der Waals surface area contributed by atoms with Crippen molar-refractivity contribution in [3.8, 4) is 0 Å². The minimum Gasteiger partial charge on any atom is -0.359 e. The average molecular weight is 398 g/mol. The van der Waals surface area contributed by atoms with E-state index in [0.29, 0.717) is 22.8 Å². The number of hydrogen-bond acceptors (Lipinski definition) is 4. The highest BCUT2D eigenvalue weighted by atomic mass is 35.5. The zero-order valence-corrected chi connectivity index (χ0v) is 16.1. The summed E-state index contributed by atoms with van der Waals surface area (Å²) in [5.74, 6) is -0.100. The molecule has 0 aliphatic rings. The van der Waals surface area contributed by atoms with Crippen LogP contribution in [0.5, 0.6) is 0 Å². The first-order valence-electron chi connectivity index (χ1n) is 8.81. The number of amides is 2. The summed E-state index contributed by atoms with van der Waals surface area (Å²) in [5, 5.41) is 9.93. The first-order chi connectivity index (χ1) is 13.5. The molecular formula is C21H20ClN3O3. The van der Waals surface area contributed by atoms with Gasteiger partial charge < -0.3 is 15.2 Å². The van der Waals surface area contributed by atoms with Gasteiger partial charge in [0.25, 0.3) is 5.91 Å². The van der Waals surface area contributed by atoms with Crippen LogP contribution in [0.4, 0.5) is 0 Å². The smallest absolute Gasteiger partial charge is 0.251 e. The van der Waals surface area contributed by atoms with Crippen molar-refractivity contribution in [2.24, 2.45) is 0 Å². The summed E-state index contributed by atoms with van der Waals surface area (Å²) >= 11 is 5.87. The highest BCUT2D eigenvalue weighted by Gasteiger charge is 2.22. The van der Waals surface area contributed by atoms with Gasteiger partial charge in [0.05, 0.1) is 12.2 Å². The SMILES string of the molecule is Cc1cc(CNC(=O)[C@H](Cc2ccccc2)NC(=O)c2ccc(Cl)cc2)on1. The predicted molar refractivity (Wildman–Crippen MR) is 106 cm³/mol. The van der Waals surface area contributed by atoms with Gasteiger partial charge in [0.15, 0.2) is 5.76 Å². The predicted octanol–water partition coefficient (Wildman–Crippen LogP) is 3.29. The maximum absolute atomic E-state index is 12.7. The number of carbonyl (C=O) groups excluding carboxylic acids is 2. The van der Waals surface area contributed by atoms with Gasteiger partial charge in [-0.15, -0.1) is 0 Å². The van der Waals surface area contributed by atoms with Gasteiger partial charge in [-0.1, -0.05) is 47.1 Å². The third-order valence-electron chi connectivity index (χ3n) is 4.12. The summed E-state index contributed by atoms with van der Waals surface area (Å²) in [5.41, 5.74) is 2.11. The van der Waals surface area contributed by atoms with Gasteiger partial charge in [0, 0.05) is 23.1 Å². The van der Waals surface area contributed by atoms with Crippen LogP contribution in [-0.2, 0) is 17.8 Å². The molecule has 1 heterocycles. The number of aryl methyl sites for hydroxylation is 1. The molecule has 0 spiro atoms. The monoisotopic (exact) mass is 397 g/mol. The van der Waals surface area contributed by atoms with E-state index in [2.05, 4.69) is 15.8 Å². The highest BCUT2D eigenvalue weighted by Crippen LogP contribution is 2.11. The molecule has 0 fully saturated rings. The maximum atomic E-state index is 12.7. The first-order valence-corrected chi connectivity index (χ1v) is 9.19. The lowest BCUT2D eigenvalue weighted by Crippen LogP contribution is -2.47. The topological polar surface area (TPSA) is 84.2 Å². The number of carbonyl (C=O) groups is 2. The molecule has 0 saturated carbocycles. The van der Waals surface area contributed by atoms with Crippen LogP contribution in [0.2, 0.25) is 5.02 Å². The molecule has 1 atom stereocenters. The Hall–Kier alpha value is -3.12. The molecule has 1 aromatic heterocycles. The number of rotatable bonds is 7. The fourth-order valence-electron chi connectivity index (χ4n) is 2.70. The van der Waals surface area contributed by atoms with Crippen LogP contribution in [0, 0.1) is 6.92 Å². The van der Waals surface area contributed by atoms with E-state index < -0.39 is 6.04 Å². The third kappa shape index (κ3) is 5.44. The average Bonchev–Trinajstić information content (AvgIpc) is 3.12.